The third-order valence-corrected chi connectivity index (χ3v) is 3.03. The van der Waals surface area contributed by atoms with Crippen LogP contribution in [0.3, 0.4) is 0 Å². The number of nitrogens with zero attached hydrogens (tertiary/aromatic N) is 2. The van der Waals surface area contributed by atoms with Gasteiger partial charge in [-0.2, -0.15) is 0 Å². The molecule has 0 aliphatic rings. The number of hydrogen-bond donors (Lipinski definition) is 2. The van der Waals surface area contributed by atoms with Gasteiger partial charge in [0.05, 0.1) is 5.56 Å². The molecule has 2 aromatic rings. The molecule has 0 spiro atoms. The zero-order valence-electron chi connectivity index (χ0n) is 10.5. The topological polar surface area (TPSA) is 75.1 Å². The van der Waals surface area contributed by atoms with E-state index in [9.17, 15) is 9.18 Å². The molecule has 2 N–H and O–H groups in total. The summed E-state index contributed by atoms with van der Waals surface area (Å²) < 4.78 is 13.2. The van der Waals surface area contributed by atoms with Crippen molar-refractivity contribution in [1.29, 1.82) is 0 Å². The van der Waals surface area contributed by atoms with E-state index in [1.165, 1.54) is 23.5 Å². The van der Waals surface area contributed by atoms with E-state index >= 15 is 0 Å². The Bertz CT molecular complexity index is 703. The van der Waals surface area contributed by atoms with Gasteiger partial charge in [-0.15, -0.1) is 10.2 Å². The molecule has 1 amide bonds. The Morgan fingerprint density at radius 3 is 2.95 bits per heavy atom. The Labute approximate surface area is 118 Å². The molecule has 0 fully saturated rings. The predicted octanol–water partition coefficient (Wildman–Crippen LogP) is 1.58. The lowest BCUT2D eigenvalue weighted by Crippen LogP contribution is -2.13. The molecular formula is C13H10FN3O2S. The van der Waals surface area contributed by atoms with E-state index in [0.29, 0.717) is 5.13 Å². The van der Waals surface area contributed by atoms with Crippen LogP contribution < -0.4 is 5.32 Å². The smallest absolute Gasteiger partial charge is 0.258 e. The van der Waals surface area contributed by atoms with Gasteiger partial charge in [-0.05, 0) is 25.1 Å². The molecular weight excluding hydrogens is 281 g/mol. The number of nitrogens with one attached hydrogen (secondary N) is 1. The number of hydrogen-bond acceptors (Lipinski definition) is 5. The van der Waals surface area contributed by atoms with Crippen LogP contribution in [-0.2, 0) is 0 Å². The number of aromatic nitrogens is 2. The van der Waals surface area contributed by atoms with Crippen molar-refractivity contribution in [3.05, 3.63) is 40.2 Å². The van der Waals surface area contributed by atoms with Crippen molar-refractivity contribution in [3.63, 3.8) is 0 Å². The molecule has 0 unspecified atom stereocenters. The van der Waals surface area contributed by atoms with Crippen LogP contribution in [-0.4, -0.2) is 27.8 Å². The average molecular weight is 291 g/mol. The summed E-state index contributed by atoms with van der Waals surface area (Å²) in [4.78, 5) is 12.1. The van der Waals surface area contributed by atoms with Gasteiger partial charge < -0.3 is 5.11 Å². The summed E-state index contributed by atoms with van der Waals surface area (Å²) in [6.07, 6.45) is 0. The van der Waals surface area contributed by atoms with Gasteiger partial charge in [-0.3, -0.25) is 10.1 Å². The van der Waals surface area contributed by atoms with E-state index in [-0.39, 0.29) is 17.7 Å². The predicted molar refractivity (Wildman–Crippen MR) is 73.0 cm³/mol. The summed E-state index contributed by atoms with van der Waals surface area (Å²) in [7, 11) is 0. The second-order valence-electron chi connectivity index (χ2n) is 3.73. The number of benzene rings is 1. The Morgan fingerprint density at radius 1 is 1.50 bits per heavy atom. The SMILES string of the molecule is Cc1nnc(NC(=O)c2ccc(F)cc2C#CCO)s1. The molecule has 0 atom stereocenters. The number of carbonyl (C=O) groups excluding carboxylic acids is 1. The van der Waals surface area contributed by atoms with Crippen molar-refractivity contribution in [3.8, 4) is 11.8 Å². The first kappa shape index (κ1) is 14.1. The van der Waals surface area contributed by atoms with Crippen LogP contribution in [0, 0.1) is 24.6 Å². The molecule has 0 bridgehead atoms. The molecule has 1 aromatic carbocycles. The second kappa shape index (κ2) is 6.23. The number of aryl methyl sites for hydroxylation is 1. The lowest BCUT2D eigenvalue weighted by Gasteiger charge is -2.04. The second-order valence-corrected chi connectivity index (χ2v) is 4.91. The van der Waals surface area contributed by atoms with Gasteiger partial charge in [-0.1, -0.05) is 23.2 Å². The first-order valence-electron chi connectivity index (χ1n) is 5.61. The number of halogens is 1. The molecule has 1 heterocycles. The third kappa shape index (κ3) is 3.38. The molecule has 20 heavy (non-hydrogen) atoms. The Morgan fingerprint density at radius 2 is 2.30 bits per heavy atom. The average Bonchev–Trinajstić information content (AvgIpc) is 2.81. The molecule has 0 saturated heterocycles. The van der Waals surface area contributed by atoms with Crippen LogP contribution in [0.15, 0.2) is 18.2 Å². The Balaban J connectivity index is 2.29. The monoisotopic (exact) mass is 291 g/mol. The minimum absolute atomic E-state index is 0.206. The summed E-state index contributed by atoms with van der Waals surface area (Å²) >= 11 is 1.23. The summed E-state index contributed by atoms with van der Waals surface area (Å²) in [6, 6.07) is 3.65. The van der Waals surface area contributed by atoms with Crippen molar-refractivity contribution in [2.45, 2.75) is 6.92 Å². The minimum atomic E-state index is -0.504. The highest BCUT2D eigenvalue weighted by molar-refractivity contribution is 7.15. The molecule has 102 valence electrons. The van der Waals surface area contributed by atoms with Crippen LogP contribution >= 0.6 is 11.3 Å². The fraction of sp³-hybridized carbons (Fsp3) is 0.154. The summed E-state index contributed by atoms with van der Waals surface area (Å²) in [5.41, 5.74) is 0.415. The van der Waals surface area contributed by atoms with Gasteiger partial charge in [0, 0.05) is 5.56 Å². The molecule has 5 nitrogen and oxygen atoms in total. The summed E-state index contributed by atoms with van der Waals surface area (Å²) in [6.45, 7) is 1.40. The highest BCUT2D eigenvalue weighted by Crippen LogP contribution is 2.17. The molecule has 0 aliphatic carbocycles. The van der Waals surface area contributed by atoms with Gasteiger partial charge in [-0.25, -0.2) is 4.39 Å². The van der Waals surface area contributed by atoms with Gasteiger partial charge in [0.1, 0.15) is 17.4 Å². The normalized spacial score (nSPS) is 9.75. The molecule has 0 radical (unpaired) electrons. The van der Waals surface area contributed by atoms with E-state index in [1.54, 1.807) is 6.92 Å². The van der Waals surface area contributed by atoms with E-state index in [2.05, 4.69) is 27.4 Å². The lowest BCUT2D eigenvalue weighted by atomic mass is 10.1. The highest BCUT2D eigenvalue weighted by atomic mass is 32.1. The van der Waals surface area contributed by atoms with Crippen LogP contribution in [0.2, 0.25) is 0 Å². The number of aliphatic hydroxyl groups is 1. The standard InChI is InChI=1S/C13H10FN3O2S/c1-8-16-17-13(20-8)15-12(19)11-5-4-10(14)7-9(11)3-2-6-18/h4-5,7,18H,6H2,1H3,(H,15,17,19). The lowest BCUT2D eigenvalue weighted by molar-refractivity contribution is 0.102. The molecule has 0 saturated carbocycles. The maximum absolute atomic E-state index is 13.2. The van der Waals surface area contributed by atoms with Gasteiger partial charge >= 0.3 is 0 Å². The van der Waals surface area contributed by atoms with Crippen molar-refractivity contribution in [2.75, 3.05) is 11.9 Å². The number of carbonyl (C=O) groups is 1. The minimum Gasteiger partial charge on any atom is -0.384 e. The maximum Gasteiger partial charge on any atom is 0.258 e. The number of amides is 1. The molecule has 1 aromatic heterocycles. The fourth-order valence-electron chi connectivity index (χ4n) is 1.46. The first-order valence-corrected chi connectivity index (χ1v) is 6.42. The van der Waals surface area contributed by atoms with Crippen molar-refractivity contribution in [1.82, 2.24) is 10.2 Å². The summed E-state index contributed by atoms with van der Waals surface area (Å²) in [5.74, 6) is 3.97. The molecule has 7 heteroatoms. The van der Waals surface area contributed by atoms with Crippen LogP contribution in [0.4, 0.5) is 9.52 Å². The maximum atomic E-state index is 13.2. The van der Waals surface area contributed by atoms with Crippen molar-refractivity contribution < 1.29 is 14.3 Å². The van der Waals surface area contributed by atoms with Gasteiger partial charge in [0.15, 0.2) is 0 Å². The number of rotatable bonds is 2. The fourth-order valence-corrected chi connectivity index (χ4v) is 2.05. The van der Waals surface area contributed by atoms with E-state index in [0.717, 1.165) is 11.1 Å². The van der Waals surface area contributed by atoms with E-state index < -0.39 is 11.7 Å². The van der Waals surface area contributed by atoms with Crippen LogP contribution in [0.25, 0.3) is 0 Å². The quantitative estimate of drug-likeness (QED) is 0.824. The van der Waals surface area contributed by atoms with E-state index in [1.807, 2.05) is 0 Å². The van der Waals surface area contributed by atoms with Gasteiger partial charge in [0.25, 0.3) is 5.91 Å². The number of aliphatic hydroxyl groups excluding tert-OH is 1. The Hall–Kier alpha value is -2.30. The number of anilines is 1. The van der Waals surface area contributed by atoms with Crippen LogP contribution in [0.1, 0.15) is 20.9 Å². The summed E-state index contributed by atoms with van der Waals surface area (Å²) in [5, 5.41) is 19.9. The third-order valence-electron chi connectivity index (χ3n) is 2.27. The first-order chi connectivity index (χ1) is 9.60. The largest absolute Gasteiger partial charge is 0.384 e. The Kier molecular flexibility index (Phi) is 4.40. The van der Waals surface area contributed by atoms with Crippen molar-refractivity contribution >= 4 is 22.4 Å². The molecule has 2 rings (SSSR count). The van der Waals surface area contributed by atoms with E-state index in [4.69, 9.17) is 5.11 Å². The highest BCUT2D eigenvalue weighted by Gasteiger charge is 2.13. The molecule has 0 aliphatic heterocycles. The van der Waals surface area contributed by atoms with Crippen LogP contribution in [0.5, 0.6) is 0 Å². The zero-order valence-corrected chi connectivity index (χ0v) is 11.3. The zero-order chi connectivity index (χ0) is 14.5. The van der Waals surface area contributed by atoms with Gasteiger partial charge in [0.2, 0.25) is 5.13 Å². The van der Waals surface area contributed by atoms with Crippen molar-refractivity contribution in [2.24, 2.45) is 0 Å².